The van der Waals surface area contributed by atoms with Crippen LogP contribution >= 0.6 is 0 Å². The lowest BCUT2D eigenvalue weighted by Gasteiger charge is -2.35. The summed E-state index contributed by atoms with van der Waals surface area (Å²) in [7, 11) is 1.69. The van der Waals surface area contributed by atoms with Crippen molar-refractivity contribution in [3.8, 4) is 0 Å². The minimum Gasteiger partial charge on any atom is -0.379 e. The maximum Gasteiger partial charge on any atom is 0.325 e. The first-order valence-corrected chi connectivity index (χ1v) is 10.5. The molecule has 2 atom stereocenters. The van der Waals surface area contributed by atoms with Crippen molar-refractivity contribution < 1.29 is 14.3 Å². The molecular weight excluding hydrogens is 384 g/mol. The predicted molar refractivity (Wildman–Crippen MR) is 113 cm³/mol. The van der Waals surface area contributed by atoms with Crippen molar-refractivity contribution in [1.82, 2.24) is 25.3 Å². The Labute approximate surface area is 177 Å². The fourth-order valence-electron chi connectivity index (χ4n) is 4.09. The van der Waals surface area contributed by atoms with E-state index in [0.29, 0.717) is 19.0 Å². The second-order valence-corrected chi connectivity index (χ2v) is 8.07. The Morgan fingerprint density at radius 3 is 2.63 bits per heavy atom. The molecule has 9 heteroatoms. The molecule has 4 rings (SSSR count). The number of ether oxygens (including phenoxy) is 1. The summed E-state index contributed by atoms with van der Waals surface area (Å²) in [4.78, 5) is 35.4. The Balaban J connectivity index is 1.48. The molecule has 0 aliphatic carbocycles. The highest BCUT2D eigenvalue weighted by atomic mass is 16.5. The maximum atomic E-state index is 12.7. The van der Waals surface area contributed by atoms with Gasteiger partial charge in [-0.15, -0.1) is 0 Å². The zero-order chi connectivity index (χ0) is 21.1. The van der Waals surface area contributed by atoms with Gasteiger partial charge in [0.25, 0.3) is 5.91 Å². The number of aryl methyl sites for hydroxylation is 1. The number of guanidine groups is 1. The molecule has 3 saturated heterocycles. The molecule has 0 saturated carbocycles. The van der Waals surface area contributed by atoms with Gasteiger partial charge < -0.3 is 19.9 Å². The first-order valence-electron chi connectivity index (χ1n) is 10.5. The van der Waals surface area contributed by atoms with Gasteiger partial charge in [-0.1, -0.05) is 29.8 Å². The molecule has 0 aromatic heterocycles. The zero-order valence-corrected chi connectivity index (χ0v) is 17.6. The number of likely N-dealkylation sites (N-methyl/N-ethyl adjacent to an activating group) is 1. The molecular formula is C21H30N6O3. The van der Waals surface area contributed by atoms with Crippen LogP contribution in [0, 0.1) is 6.92 Å². The highest BCUT2D eigenvalue weighted by Gasteiger charge is 2.49. The van der Waals surface area contributed by atoms with Crippen LogP contribution in [0.25, 0.3) is 0 Å². The quantitative estimate of drug-likeness (QED) is 0.654. The van der Waals surface area contributed by atoms with E-state index in [-0.39, 0.29) is 5.91 Å². The highest BCUT2D eigenvalue weighted by Crippen LogP contribution is 2.23. The summed E-state index contributed by atoms with van der Waals surface area (Å²) in [6.45, 7) is 7.74. The largest absolute Gasteiger partial charge is 0.379 e. The molecule has 1 aromatic carbocycles. The molecule has 30 heavy (non-hydrogen) atoms. The number of urea groups is 1. The van der Waals surface area contributed by atoms with Crippen molar-refractivity contribution in [2.24, 2.45) is 4.99 Å². The number of benzene rings is 1. The van der Waals surface area contributed by atoms with Gasteiger partial charge in [-0.25, -0.2) is 4.79 Å². The van der Waals surface area contributed by atoms with E-state index in [1.165, 1.54) is 10.5 Å². The van der Waals surface area contributed by atoms with E-state index in [4.69, 9.17) is 9.73 Å². The van der Waals surface area contributed by atoms with E-state index in [9.17, 15) is 9.59 Å². The second-order valence-electron chi connectivity index (χ2n) is 8.07. The Bertz CT molecular complexity index is 805. The molecule has 3 aliphatic heterocycles. The summed E-state index contributed by atoms with van der Waals surface area (Å²) in [5.74, 6) is 0.380. The van der Waals surface area contributed by atoms with E-state index in [2.05, 4.69) is 39.8 Å². The lowest BCUT2D eigenvalue weighted by molar-refractivity contribution is -0.127. The van der Waals surface area contributed by atoms with Crippen molar-refractivity contribution in [2.75, 3.05) is 46.4 Å². The second kappa shape index (κ2) is 9.01. The van der Waals surface area contributed by atoms with Crippen molar-refractivity contribution in [3.05, 3.63) is 35.4 Å². The van der Waals surface area contributed by atoms with E-state index in [0.717, 1.165) is 44.8 Å². The van der Waals surface area contributed by atoms with Crippen LogP contribution in [0.5, 0.6) is 0 Å². The number of carbonyl (C=O) groups excluding carboxylic acids is 2. The topological polar surface area (TPSA) is 89.5 Å². The monoisotopic (exact) mass is 414 g/mol. The zero-order valence-electron chi connectivity index (χ0n) is 17.6. The van der Waals surface area contributed by atoms with Gasteiger partial charge in [-0.2, -0.15) is 0 Å². The number of morpholine rings is 1. The van der Waals surface area contributed by atoms with Gasteiger partial charge in [0.05, 0.1) is 13.2 Å². The minimum atomic E-state index is -0.507. The van der Waals surface area contributed by atoms with Crippen LogP contribution in [-0.4, -0.2) is 91.2 Å². The van der Waals surface area contributed by atoms with Gasteiger partial charge in [0, 0.05) is 39.8 Å². The third kappa shape index (κ3) is 4.41. The average Bonchev–Trinajstić information content (AvgIpc) is 3.11. The van der Waals surface area contributed by atoms with Gasteiger partial charge in [-0.05, 0) is 18.9 Å². The number of nitrogens with one attached hydrogen (secondary N) is 2. The van der Waals surface area contributed by atoms with E-state index in [1.807, 2.05) is 11.8 Å². The number of aliphatic imine (C=N–C) groups is 1. The minimum absolute atomic E-state index is 0.291. The average molecular weight is 415 g/mol. The summed E-state index contributed by atoms with van der Waals surface area (Å²) < 4.78 is 5.39. The molecule has 3 amide bonds. The number of imide groups is 1. The standard InChI is InChI=1S/C21H30N6O3/c1-15-4-6-16(7-5-15)14-27-17-18(25(2)21(29)24-19(17)28)23-20(27)22-8-3-9-26-10-12-30-13-11-26/h4-7,17-18H,3,8-14H2,1-2H3,(H,22,23)(H,24,28,29). The molecule has 2 unspecified atom stereocenters. The maximum absolute atomic E-state index is 12.7. The lowest BCUT2D eigenvalue weighted by atomic mass is 10.1. The van der Waals surface area contributed by atoms with Crippen molar-refractivity contribution in [1.29, 1.82) is 0 Å². The molecule has 0 radical (unpaired) electrons. The predicted octanol–water partition coefficient (Wildman–Crippen LogP) is 0.355. The lowest BCUT2D eigenvalue weighted by Crippen LogP contribution is -2.64. The SMILES string of the molecule is Cc1ccc(CN2C(=NCCCN3CCOCC3)NC3C2C(=O)NC(=O)N3C)cc1. The number of hydrogen-bond acceptors (Lipinski definition) is 5. The number of amides is 3. The number of nitrogens with zero attached hydrogens (tertiary/aromatic N) is 4. The summed E-state index contributed by atoms with van der Waals surface area (Å²) in [5, 5.41) is 5.76. The van der Waals surface area contributed by atoms with Crippen LogP contribution in [0.2, 0.25) is 0 Å². The molecule has 0 bridgehead atoms. The molecule has 162 valence electrons. The van der Waals surface area contributed by atoms with E-state index < -0.39 is 18.2 Å². The van der Waals surface area contributed by atoms with Gasteiger partial charge in [-0.3, -0.25) is 20.0 Å². The molecule has 9 nitrogen and oxygen atoms in total. The van der Waals surface area contributed by atoms with Crippen LogP contribution in [0.1, 0.15) is 17.5 Å². The Kier molecular flexibility index (Phi) is 6.19. The summed E-state index contributed by atoms with van der Waals surface area (Å²) in [6, 6.07) is 7.35. The fourth-order valence-corrected chi connectivity index (χ4v) is 4.09. The normalized spacial score (nSPS) is 26.0. The number of rotatable bonds is 6. The first kappa shape index (κ1) is 20.6. The summed E-state index contributed by atoms with van der Waals surface area (Å²) >= 11 is 0. The van der Waals surface area contributed by atoms with Gasteiger partial charge >= 0.3 is 6.03 Å². The molecule has 3 fully saturated rings. The van der Waals surface area contributed by atoms with Crippen molar-refractivity contribution in [2.45, 2.75) is 32.1 Å². The van der Waals surface area contributed by atoms with Gasteiger partial charge in [0.2, 0.25) is 0 Å². The molecule has 1 aromatic rings. The van der Waals surface area contributed by atoms with Gasteiger partial charge in [0.1, 0.15) is 6.17 Å². The third-order valence-electron chi connectivity index (χ3n) is 5.89. The number of fused-ring (bicyclic) bond motifs is 1. The molecule has 0 spiro atoms. The van der Waals surface area contributed by atoms with Crippen LogP contribution in [0.4, 0.5) is 4.79 Å². The molecule has 3 heterocycles. The summed E-state index contributed by atoms with van der Waals surface area (Å²) in [5.41, 5.74) is 2.28. The smallest absolute Gasteiger partial charge is 0.325 e. The Hall–Kier alpha value is -2.65. The Morgan fingerprint density at radius 1 is 1.17 bits per heavy atom. The van der Waals surface area contributed by atoms with Gasteiger partial charge in [0.15, 0.2) is 12.0 Å². The first-order chi connectivity index (χ1) is 14.5. The summed E-state index contributed by atoms with van der Waals surface area (Å²) in [6.07, 6.45) is 0.509. The third-order valence-corrected chi connectivity index (χ3v) is 5.89. The molecule has 3 aliphatic rings. The number of carbonyl (C=O) groups is 2. The van der Waals surface area contributed by atoms with E-state index >= 15 is 0 Å². The van der Waals surface area contributed by atoms with Crippen LogP contribution in [0.15, 0.2) is 29.3 Å². The fraction of sp³-hybridized carbons (Fsp3) is 0.571. The molecule has 2 N–H and O–H groups in total. The van der Waals surface area contributed by atoms with E-state index in [1.54, 1.807) is 7.05 Å². The Morgan fingerprint density at radius 2 is 1.90 bits per heavy atom. The van der Waals surface area contributed by atoms with Crippen LogP contribution in [0.3, 0.4) is 0 Å². The number of hydrogen-bond donors (Lipinski definition) is 2. The van der Waals surface area contributed by atoms with Crippen LogP contribution in [-0.2, 0) is 16.1 Å². The van der Waals surface area contributed by atoms with Crippen LogP contribution < -0.4 is 10.6 Å². The van der Waals surface area contributed by atoms with Crippen molar-refractivity contribution >= 4 is 17.9 Å². The van der Waals surface area contributed by atoms with Crippen molar-refractivity contribution in [3.63, 3.8) is 0 Å². The highest BCUT2D eigenvalue weighted by molar-refractivity contribution is 6.04.